The number of hydrogen-bond acceptors (Lipinski definition) is 3. The Morgan fingerprint density at radius 2 is 1.64 bits per heavy atom. The number of rotatable bonds is 8. The highest BCUT2D eigenvalue weighted by atomic mass is 16.2. The average molecular weight is 446 g/mol. The van der Waals surface area contributed by atoms with Crippen LogP contribution in [-0.4, -0.2) is 41.2 Å². The highest BCUT2D eigenvalue weighted by Crippen LogP contribution is 2.33. The molecule has 1 atom stereocenters. The van der Waals surface area contributed by atoms with Crippen molar-refractivity contribution in [2.24, 2.45) is 5.92 Å². The fourth-order valence-electron chi connectivity index (χ4n) is 4.50. The molecule has 2 aromatic rings. The van der Waals surface area contributed by atoms with Crippen LogP contribution in [0.3, 0.4) is 0 Å². The van der Waals surface area contributed by atoms with Gasteiger partial charge in [0.25, 0.3) is 5.91 Å². The van der Waals surface area contributed by atoms with Gasteiger partial charge in [-0.1, -0.05) is 31.2 Å². The zero-order valence-corrected chi connectivity index (χ0v) is 19.1. The van der Waals surface area contributed by atoms with E-state index in [0.29, 0.717) is 24.7 Å². The van der Waals surface area contributed by atoms with Gasteiger partial charge in [-0.25, -0.2) is 0 Å². The summed E-state index contributed by atoms with van der Waals surface area (Å²) in [6, 6.07) is 16.2. The number of nitrogens with zero attached hydrogens (tertiary/aromatic N) is 2. The molecule has 3 fully saturated rings. The Kier molecular flexibility index (Phi) is 5.92. The summed E-state index contributed by atoms with van der Waals surface area (Å²) in [6.45, 7) is 3.06. The van der Waals surface area contributed by atoms with Crippen molar-refractivity contribution in [3.63, 3.8) is 0 Å². The van der Waals surface area contributed by atoms with Crippen molar-refractivity contribution >= 4 is 23.4 Å². The van der Waals surface area contributed by atoms with Gasteiger partial charge in [0.15, 0.2) is 0 Å². The number of carbonyl (C=O) groups excluding carboxylic acids is 3. The van der Waals surface area contributed by atoms with Gasteiger partial charge < -0.3 is 15.1 Å². The number of benzene rings is 2. The summed E-state index contributed by atoms with van der Waals surface area (Å²) in [5, 5.41) is 3.00. The lowest BCUT2D eigenvalue weighted by molar-refractivity contribution is -0.137. The Morgan fingerprint density at radius 1 is 0.970 bits per heavy atom. The van der Waals surface area contributed by atoms with Crippen LogP contribution in [0, 0.1) is 5.92 Å². The molecule has 6 nitrogen and oxygen atoms in total. The molecule has 0 radical (unpaired) electrons. The molecule has 3 aliphatic rings. The average Bonchev–Trinajstić information content (AvgIpc) is 3.77. The lowest BCUT2D eigenvalue weighted by Crippen LogP contribution is -2.38. The molecule has 2 aromatic carbocycles. The normalized spacial score (nSPS) is 20.1. The molecule has 5 rings (SSSR count). The molecule has 1 saturated heterocycles. The van der Waals surface area contributed by atoms with Crippen molar-refractivity contribution in [3.05, 3.63) is 65.2 Å². The zero-order chi connectivity index (χ0) is 22.9. The maximum atomic E-state index is 13.4. The van der Waals surface area contributed by atoms with E-state index >= 15 is 0 Å². The van der Waals surface area contributed by atoms with Crippen LogP contribution in [-0.2, 0) is 22.6 Å². The topological polar surface area (TPSA) is 69.7 Å². The van der Waals surface area contributed by atoms with Gasteiger partial charge in [0, 0.05) is 42.8 Å². The minimum Gasteiger partial charge on any atom is -0.349 e. The maximum Gasteiger partial charge on any atom is 0.251 e. The highest BCUT2D eigenvalue weighted by Gasteiger charge is 2.41. The van der Waals surface area contributed by atoms with Crippen molar-refractivity contribution in [1.82, 2.24) is 10.2 Å². The lowest BCUT2D eigenvalue weighted by Gasteiger charge is -2.26. The first-order chi connectivity index (χ1) is 16.0. The minimum absolute atomic E-state index is 0.0133. The molecule has 1 N–H and O–H groups in total. The molecular formula is C27H31N3O3. The predicted molar refractivity (Wildman–Crippen MR) is 127 cm³/mol. The number of anilines is 1. The van der Waals surface area contributed by atoms with Gasteiger partial charge in [-0.2, -0.15) is 0 Å². The summed E-state index contributed by atoms with van der Waals surface area (Å²) >= 11 is 0. The largest absolute Gasteiger partial charge is 0.349 e. The van der Waals surface area contributed by atoms with Crippen molar-refractivity contribution < 1.29 is 14.4 Å². The number of amides is 3. The van der Waals surface area contributed by atoms with Gasteiger partial charge in [-0.3, -0.25) is 14.4 Å². The summed E-state index contributed by atoms with van der Waals surface area (Å²) in [6.07, 6.45) is 5.36. The van der Waals surface area contributed by atoms with E-state index in [2.05, 4.69) is 12.2 Å². The summed E-state index contributed by atoms with van der Waals surface area (Å²) < 4.78 is 0. The highest BCUT2D eigenvalue weighted by molar-refractivity contribution is 6.00. The molecule has 0 spiro atoms. The van der Waals surface area contributed by atoms with Gasteiger partial charge in [0.2, 0.25) is 11.8 Å². The van der Waals surface area contributed by atoms with Gasteiger partial charge in [-0.15, -0.1) is 0 Å². The Labute approximate surface area is 194 Å². The Hall–Kier alpha value is -3.15. The van der Waals surface area contributed by atoms with Crippen LogP contribution in [0.2, 0.25) is 0 Å². The lowest BCUT2D eigenvalue weighted by atomic mass is 10.1. The quantitative estimate of drug-likeness (QED) is 0.674. The van der Waals surface area contributed by atoms with Crippen LogP contribution in [0.25, 0.3) is 0 Å². The molecule has 2 saturated carbocycles. The van der Waals surface area contributed by atoms with Crippen LogP contribution in [0.15, 0.2) is 48.5 Å². The van der Waals surface area contributed by atoms with E-state index < -0.39 is 0 Å². The van der Waals surface area contributed by atoms with E-state index in [-0.39, 0.29) is 36.1 Å². The zero-order valence-electron chi connectivity index (χ0n) is 19.1. The summed E-state index contributed by atoms with van der Waals surface area (Å²) in [7, 11) is 0. The minimum atomic E-state index is -0.312. The second-order valence-corrected chi connectivity index (χ2v) is 9.57. The predicted octanol–water partition coefficient (Wildman–Crippen LogP) is 3.69. The molecular weight excluding hydrogens is 414 g/mol. The van der Waals surface area contributed by atoms with E-state index in [9.17, 15) is 14.4 Å². The Bertz CT molecular complexity index is 1040. The number of aryl methyl sites for hydroxylation is 1. The first kappa shape index (κ1) is 21.7. The fraction of sp³-hybridized carbons (Fsp3) is 0.444. The molecule has 1 aliphatic heterocycles. The van der Waals surface area contributed by atoms with Crippen molar-refractivity contribution in [2.45, 2.75) is 64.1 Å². The van der Waals surface area contributed by atoms with E-state index in [1.807, 2.05) is 53.4 Å². The van der Waals surface area contributed by atoms with E-state index in [1.165, 1.54) is 5.56 Å². The van der Waals surface area contributed by atoms with Gasteiger partial charge in [0.1, 0.15) is 0 Å². The van der Waals surface area contributed by atoms with Crippen molar-refractivity contribution in [1.29, 1.82) is 0 Å². The third kappa shape index (κ3) is 4.95. The standard InChI is InChI=1S/C27H31N3O3/c1-2-18-5-11-23(12-6-18)29-17-21(15-25(29)31)27(33)30(24-13-14-24)16-19-3-7-20(8-4-19)26(32)28-22-9-10-22/h3-8,11-12,21-22,24H,2,9-10,13-17H2,1H3,(H,28,32). The van der Waals surface area contributed by atoms with Gasteiger partial charge in [0.05, 0.1) is 5.92 Å². The van der Waals surface area contributed by atoms with Gasteiger partial charge in [-0.05, 0) is 67.5 Å². The molecule has 1 heterocycles. The molecule has 0 aromatic heterocycles. The smallest absolute Gasteiger partial charge is 0.251 e. The number of carbonyl (C=O) groups is 3. The van der Waals surface area contributed by atoms with Crippen molar-refractivity contribution in [3.8, 4) is 0 Å². The van der Waals surface area contributed by atoms with Crippen LogP contribution >= 0.6 is 0 Å². The summed E-state index contributed by atoms with van der Waals surface area (Å²) in [5.41, 5.74) is 3.76. The SMILES string of the molecule is CCc1ccc(N2CC(C(=O)N(Cc3ccc(C(=O)NC4CC4)cc3)C3CC3)CC2=O)cc1. The van der Waals surface area contributed by atoms with E-state index in [4.69, 9.17) is 0 Å². The first-order valence-corrected chi connectivity index (χ1v) is 12.1. The third-order valence-electron chi connectivity index (χ3n) is 6.88. The molecule has 1 unspecified atom stereocenters. The monoisotopic (exact) mass is 445 g/mol. The summed E-state index contributed by atoms with van der Waals surface area (Å²) in [4.78, 5) is 42.1. The number of hydrogen-bond donors (Lipinski definition) is 1. The third-order valence-corrected chi connectivity index (χ3v) is 6.88. The Morgan fingerprint density at radius 3 is 2.24 bits per heavy atom. The van der Waals surface area contributed by atoms with Crippen LogP contribution < -0.4 is 10.2 Å². The van der Waals surface area contributed by atoms with Crippen LogP contribution in [0.1, 0.15) is 60.5 Å². The van der Waals surface area contributed by atoms with E-state index in [1.54, 1.807) is 4.90 Å². The molecule has 3 amide bonds. The number of nitrogens with one attached hydrogen (secondary N) is 1. The summed E-state index contributed by atoms with van der Waals surface area (Å²) in [5.74, 6) is -0.267. The molecule has 0 bridgehead atoms. The fourth-order valence-corrected chi connectivity index (χ4v) is 4.50. The second-order valence-electron chi connectivity index (χ2n) is 9.57. The Balaban J connectivity index is 1.24. The maximum absolute atomic E-state index is 13.4. The molecule has 33 heavy (non-hydrogen) atoms. The molecule has 172 valence electrons. The van der Waals surface area contributed by atoms with Crippen molar-refractivity contribution in [2.75, 3.05) is 11.4 Å². The molecule has 2 aliphatic carbocycles. The first-order valence-electron chi connectivity index (χ1n) is 12.1. The van der Waals surface area contributed by atoms with Crippen LogP contribution in [0.4, 0.5) is 5.69 Å². The van der Waals surface area contributed by atoms with E-state index in [0.717, 1.165) is 43.4 Å². The second kappa shape index (κ2) is 9.00. The van der Waals surface area contributed by atoms with Gasteiger partial charge >= 0.3 is 0 Å². The molecule has 6 heteroatoms. The van der Waals surface area contributed by atoms with Crippen LogP contribution in [0.5, 0.6) is 0 Å².